The molecule has 32 heavy (non-hydrogen) atoms. The number of benzene rings is 1. The molecule has 10 heteroatoms. The number of aromatic nitrogens is 4. The summed E-state index contributed by atoms with van der Waals surface area (Å²) >= 11 is 5.87. The number of halogens is 3. The van der Waals surface area contributed by atoms with Crippen molar-refractivity contribution in [3.05, 3.63) is 86.6 Å². The van der Waals surface area contributed by atoms with E-state index in [0.29, 0.717) is 5.69 Å². The van der Waals surface area contributed by atoms with Crippen LogP contribution >= 0.6 is 11.6 Å². The summed E-state index contributed by atoms with van der Waals surface area (Å²) in [5.74, 6) is -2.30. The zero-order valence-corrected chi connectivity index (χ0v) is 18.0. The minimum absolute atomic E-state index is 0.0175. The monoisotopic (exact) mass is 455 g/mol. The van der Waals surface area contributed by atoms with Gasteiger partial charge in [0.05, 0.1) is 5.52 Å². The van der Waals surface area contributed by atoms with Gasteiger partial charge >= 0.3 is 0 Å². The van der Waals surface area contributed by atoms with Gasteiger partial charge in [0, 0.05) is 35.7 Å². The Morgan fingerprint density at radius 3 is 2.56 bits per heavy atom. The molecule has 0 N–H and O–H groups in total. The van der Waals surface area contributed by atoms with E-state index >= 15 is 0 Å². The van der Waals surface area contributed by atoms with Crippen LogP contribution in [0.15, 0.2) is 47.4 Å². The minimum atomic E-state index is -0.814. The van der Waals surface area contributed by atoms with E-state index in [4.69, 9.17) is 11.6 Å². The molecule has 3 aromatic heterocycles. The third-order valence-corrected chi connectivity index (χ3v) is 5.28. The van der Waals surface area contributed by atoms with Gasteiger partial charge in [0.2, 0.25) is 11.4 Å². The summed E-state index contributed by atoms with van der Waals surface area (Å²) in [4.78, 5) is 35.2. The highest BCUT2D eigenvalue weighted by Crippen LogP contribution is 2.23. The highest BCUT2D eigenvalue weighted by atomic mass is 35.5. The lowest BCUT2D eigenvalue weighted by molar-refractivity contribution is 0.0985. The van der Waals surface area contributed by atoms with Gasteiger partial charge in [-0.15, -0.1) is 0 Å². The van der Waals surface area contributed by atoms with Crippen molar-refractivity contribution in [2.45, 2.75) is 13.8 Å². The first-order valence-corrected chi connectivity index (χ1v) is 9.81. The van der Waals surface area contributed by atoms with Gasteiger partial charge < -0.3 is 4.90 Å². The Labute approximate surface area is 185 Å². The smallest absolute Gasteiger partial charge is 0.282 e. The molecule has 0 aliphatic rings. The van der Waals surface area contributed by atoms with Crippen LogP contribution in [0, 0.1) is 25.6 Å². The molecule has 0 aliphatic heterocycles. The molecule has 0 bridgehead atoms. The number of anilines is 1. The van der Waals surface area contributed by atoms with Gasteiger partial charge in [-0.25, -0.2) is 19.0 Å². The third kappa shape index (κ3) is 3.71. The SMILES string of the molecule is Cc1cc2c(nc1C)c(=O)c(C(=O)N(C)c1ccnc(F)c1)nn2-c1ccc(Cl)cc1F. The fourth-order valence-electron chi connectivity index (χ4n) is 3.18. The molecular weight excluding hydrogens is 440 g/mol. The molecule has 0 saturated heterocycles. The van der Waals surface area contributed by atoms with Crippen molar-refractivity contribution in [2.24, 2.45) is 0 Å². The summed E-state index contributed by atoms with van der Waals surface area (Å²) in [6, 6.07) is 8.06. The number of fused-ring (bicyclic) bond motifs is 1. The number of amides is 1. The largest absolute Gasteiger partial charge is 0.310 e. The fraction of sp³-hybridized carbons (Fsp3) is 0.136. The van der Waals surface area contributed by atoms with E-state index < -0.39 is 28.8 Å². The quantitative estimate of drug-likeness (QED) is 0.436. The van der Waals surface area contributed by atoms with Crippen LogP contribution < -0.4 is 10.3 Å². The van der Waals surface area contributed by atoms with Crippen LogP contribution in [-0.2, 0) is 0 Å². The van der Waals surface area contributed by atoms with Crippen molar-refractivity contribution in [1.29, 1.82) is 0 Å². The Kier molecular flexibility index (Phi) is 5.43. The molecular formula is C22H16ClF2N5O2. The lowest BCUT2D eigenvalue weighted by Crippen LogP contribution is -2.34. The van der Waals surface area contributed by atoms with Crippen molar-refractivity contribution in [3.63, 3.8) is 0 Å². The molecule has 4 aromatic rings. The molecule has 0 aliphatic carbocycles. The van der Waals surface area contributed by atoms with E-state index in [1.54, 1.807) is 19.9 Å². The lowest BCUT2D eigenvalue weighted by Gasteiger charge is -2.18. The number of carbonyl (C=O) groups is 1. The molecule has 1 amide bonds. The summed E-state index contributed by atoms with van der Waals surface area (Å²) < 4.78 is 29.4. The number of hydrogen-bond acceptors (Lipinski definition) is 5. The first-order valence-electron chi connectivity index (χ1n) is 9.43. The van der Waals surface area contributed by atoms with Gasteiger partial charge in [-0.2, -0.15) is 9.49 Å². The standard InChI is InChI=1S/C22H16ClF2N5O2/c1-11-8-17-19(27-12(11)2)21(31)20(22(32)29(3)14-6-7-26-18(25)10-14)28-30(17)16-5-4-13(23)9-15(16)24/h4-10H,1-3H3. The molecule has 3 heterocycles. The predicted molar refractivity (Wildman–Crippen MR) is 117 cm³/mol. The summed E-state index contributed by atoms with van der Waals surface area (Å²) in [5, 5.41) is 4.36. The van der Waals surface area contributed by atoms with Gasteiger partial charge in [-0.05, 0) is 49.7 Å². The van der Waals surface area contributed by atoms with Gasteiger partial charge in [0.15, 0.2) is 5.69 Å². The summed E-state index contributed by atoms with van der Waals surface area (Å²) in [6.45, 7) is 3.51. The van der Waals surface area contributed by atoms with Gasteiger partial charge in [-0.1, -0.05) is 11.6 Å². The maximum absolute atomic E-state index is 14.8. The number of pyridine rings is 2. The number of aryl methyl sites for hydroxylation is 2. The zero-order chi connectivity index (χ0) is 23.2. The third-order valence-electron chi connectivity index (χ3n) is 5.05. The highest BCUT2D eigenvalue weighted by Gasteiger charge is 2.24. The molecule has 0 unspecified atom stereocenters. The summed E-state index contributed by atoms with van der Waals surface area (Å²) in [5.41, 5.74) is 0.445. The Bertz CT molecular complexity index is 1450. The van der Waals surface area contributed by atoms with Crippen molar-refractivity contribution in [1.82, 2.24) is 19.7 Å². The predicted octanol–water partition coefficient (Wildman–Crippen LogP) is 4.00. The van der Waals surface area contributed by atoms with Crippen LogP contribution in [0.4, 0.5) is 14.5 Å². The molecule has 7 nitrogen and oxygen atoms in total. The molecule has 162 valence electrons. The van der Waals surface area contributed by atoms with E-state index in [1.807, 2.05) is 0 Å². The second-order valence-corrected chi connectivity index (χ2v) is 7.58. The van der Waals surface area contributed by atoms with Crippen molar-refractivity contribution >= 4 is 34.2 Å². The van der Waals surface area contributed by atoms with E-state index in [-0.39, 0.29) is 27.4 Å². The van der Waals surface area contributed by atoms with E-state index in [2.05, 4.69) is 15.1 Å². The lowest BCUT2D eigenvalue weighted by atomic mass is 10.1. The molecule has 4 rings (SSSR count). The second kappa shape index (κ2) is 8.08. The van der Waals surface area contributed by atoms with Crippen LogP contribution in [0.25, 0.3) is 16.7 Å². The van der Waals surface area contributed by atoms with Crippen LogP contribution in [0.3, 0.4) is 0 Å². The van der Waals surface area contributed by atoms with Gasteiger partial charge in [0.1, 0.15) is 17.0 Å². The number of carbonyl (C=O) groups excluding carboxylic acids is 1. The number of hydrogen-bond donors (Lipinski definition) is 0. The molecule has 0 radical (unpaired) electrons. The van der Waals surface area contributed by atoms with Crippen molar-refractivity contribution in [2.75, 3.05) is 11.9 Å². The maximum atomic E-state index is 14.8. The maximum Gasteiger partial charge on any atom is 0.282 e. The van der Waals surface area contributed by atoms with E-state index in [1.165, 1.54) is 31.4 Å². The second-order valence-electron chi connectivity index (χ2n) is 7.14. The van der Waals surface area contributed by atoms with E-state index in [0.717, 1.165) is 27.3 Å². The molecule has 0 fully saturated rings. The molecule has 0 spiro atoms. The fourth-order valence-corrected chi connectivity index (χ4v) is 3.34. The molecule has 0 atom stereocenters. The summed E-state index contributed by atoms with van der Waals surface area (Å²) in [6.07, 6.45) is 1.19. The highest BCUT2D eigenvalue weighted by molar-refractivity contribution is 6.30. The topological polar surface area (TPSA) is 81.0 Å². The first-order chi connectivity index (χ1) is 15.2. The number of nitrogens with zero attached hydrogens (tertiary/aromatic N) is 5. The normalized spacial score (nSPS) is 11.1. The molecule has 0 saturated carbocycles. The van der Waals surface area contributed by atoms with Gasteiger partial charge in [-0.3, -0.25) is 9.59 Å². The Balaban J connectivity index is 2.00. The van der Waals surface area contributed by atoms with Crippen LogP contribution in [0.5, 0.6) is 0 Å². The minimum Gasteiger partial charge on any atom is -0.310 e. The Hall–Kier alpha value is -3.72. The number of rotatable bonds is 3. The van der Waals surface area contributed by atoms with Crippen molar-refractivity contribution < 1.29 is 13.6 Å². The van der Waals surface area contributed by atoms with E-state index in [9.17, 15) is 18.4 Å². The average molecular weight is 456 g/mol. The van der Waals surface area contributed by atoms with Gasteiger partial charge in [0.25, 0.3) is 5.91 Å². The average Bonchev–Trinajstić information content (AvgIpc) is 2.75. The van der Waals surface area contributed by atoms with Crippen LogP contribution in [0.2, 0.25) is 5.02 Å². The first kappa shape index (κ1) is 21.5. The van der Waals surface area contributed by atoms with Crippen molar-refractivity contribution in [3.8, 4) is 5.69 Å². The Morgan fingerprint density at radius 2 is 1.88 bits per heavy atom. The Morgan fingerprint density at radius 1 is 1.12 bits per heavy atom. The van der Waals surface area contributed by atoms with Crippen LogP contribution in [-0.4, -0.2) is 32.7 Å². The van der Waals surface area contributed by atoms with Crippen LogP contribution in [0.1, 0.15) is 21.7 Å². The summed E-state index contributed by atoms with van der Waals surface area (Å²) in [7, 11) is 1.36. The zero-order valence-electron chi connectivity index (χ0n) is 17.2. The molecule has 1 aromatic carbocycles.